The van der Waals surface area contributed by atoms with Gasteiger partial charge in [0.1, 0.15) is 5.69 Å². The molecule has 2 aromatic heterocycles. The summed E-state index contributed by atoms with van der Waals surface area (Å²) in [5.41, 5.74) is 7.32. The Kier molecular flexibility index (Phi) is 2.29. The molecule has 0 atom stereocenters. The quantitative estimate of drug-likeness (QED) is 0.772. The maximum atomic E-state index is 5.49. The fourth-order valence-electron chi connectivity index (χ4n) is 0.987. The van der Waals surface area contributed by atoms with Crippen molar-refractivity contribution in [3.05, 3.63) is 30.1 Å². The highest BCUT2D eigenvalue weighted by Gasteiger charge is 2.02. The van der Waals surface area contributed by atoms with E-state index in [0.29, 0.717) is 6.54 Å². The van der Waals surface area contributed by atoms with Gasteiger partial charge in [-0.05, 0) is 29.2 Å². The van der Waals surface area contributed by atoms with E-state index < -0.39 is 0 Å². The Balaban J connectivity index is 2.41. The molecule has 0 fully saturated rings. The Morgan fingerprint density at radius 3 is 3.08 bits per heavy atom. The molecule has 0 aromatic carbocycles. The first-order valence-electron chi connectivity index (χ1n) is 3.83. The summed E-state index contributed by atoms with van der Waals surface area (Å²) in [6.07, 6.45) is 3.42. The molecule has 5 heteroatoms. The molecule has 0 saturated carbocycles. The van der Waals surface area contributed by atoms with Crippen LogP contribution in [0, 0.1) is 0 Å². The second-order valence-corrected chi connectivity index (χ2v) is 3.36. The van der Waals surface area contributed by atoms with Crippen LogP contribution in [0.5, 0.6) is 0 Å². The zero-order valence-electron chi connectivity index (χ0n) is 6.84. The van der Waals surface area contributed by atoms with Gasteiger partial charge in [0.15, 0.2) is 0 Å². The topological polar surface area (TPSA) is 64.7 Å². The second-order valence-electron chi connectivity index (χ2n) is 2.53. The highest BCUT2D eigenvalue weighted by atomic mass is 32.1. The summed E-state index contributed by atoms with van der Waals surface area (Å²) < 4.78 is 4.00. The maximum Gasteiger partial charge on any atom is 0.105 e. The van der Waals surface area contributed by atoms with Gasteiger partial charge in [-0.1, -0.05) is 0 Å². The van der Waals surface area contributed by atoms with Crippen molar-refractivity contribution >= 4 is 11.5 Å². The van der Waals surface area contributed by atoms with Crippen LogP contribution in [0.1, 0.15) is 5.56 Å². The Morgan fingerprint density at radius 1 is 1.46 bits per heavy atom. The molecule has 2 rings (SSSR count). The minimum atomic E-state index is 0.487. The number of aromatic nitrogens is 3. The largest absolute Gasteiger partial charge is 0.326 e. The van der Waals surface area contributed by atoms with Crippen molar-refractivity contribution in [2.45, 2.75) is 6.54 Å². The fourth-order valence-corrected chi connectivity index (χ4v) is 1.54. The summed E-state index contributed by atoms with van der Waals surface area (Å²) in [5, 5.41) is 7.86. The summed E-state index contributed by atoms with van der Waals surface area (Å²) >= 11 is 1.40. The molecule has 2 heterocycles. The molecule has 0 aliphatic rings. The number of nitrogens with two attached hydrogens (primary N) is 1. The molecule has 2 N–H and O–H groups in total. The van der Waals surface area contributed by atoms with Crippen molar-refractivity contribution in [3.8, 4) is 10.6 Å². The fraction of sp³-hybridized carbons (Fsp3) is 0.125. The number of rotatable bonds is 2. The van der Waals surface area contributed by atoms with Crippen molar-refractivity contribution in [2.24, 2.45) is 5.73 Å². The molecule has 0 spiro atoms. The predicted octanol–water partition coefficient (Wildman–Crippen LogP) is 1.06. The van der Waals surface area contributed by atoms with Gasteiger partial charge in [-0.2, -0.15) is 5.10 Å². The van der Waals surface area contributed by atoms with Gasteiger partial charge in [0, 0.05) is 12.7 Å². The lowest BCUT2D eigenvalue weighted by atomic mass is 10.2. The first kappa shape index (κ1) is 8.28. The molecular weight excluding hydrogens is 184 g/mol. The molecule has 13 heavy (non-hydrogen) atoms. The highest BCUT2D eigenvalue weighted by Crippen LogP contribution is 2.19. The van der Waals surface area contributed by atoms with Crippen LogP contribution in [0.4, 0.5) is 0 Å². The van der Waals surface area contributed by atoms with Crippen LogP contribution >= 0.6 is 11.5 Å². The predicted molar refractivity (Wildman–Crippen MR) is 51.0 cm³/mol. The van der Waals surface area contributed by atoms with Crippen molar-refractivity contribution in [1.29, 1.82) is 0 Å². The van der Waals surface area contributed by atoms with Gasteiger partial charge in [-0.15, -0.1) is 5.10 Å². The average Bonchev–Trinajstić information content (AvgIpc) is 2.71. The van der Waals surface area contributed by atoms with E-state index in [4.69, 9.17) is 5.73 Å². The number of nitrogens with zero attached hydrogens (tertiary/aromatic N) is 3. The van der Waals surface area contributed by atoms with E-state index in [1.807, 2.05) is 12.1 Å². The summed E-state index contributed by atoms with van der Waals surface area (Å²) in [4.78, 5) is 1.02. The van der Waals surface area contributed by atoms with Gasteiger partial charge in [-0.3, -0.25) is 0 Å². The normalized spacial score (nSPS) is 10.2. The van der Waals surface area contributed by atoms with Crippen LogP contribution in [0.3, 0.4) is 0 Å². The van der Waals surface area contributed by atoms with Crippen LogP contribution in [0.15, 0.2) is 24.5 Å². The maximum absolute atomic E-state index is 5.49. The molecule has 0 saturated heterocycles. The number of hydrogen-bond donors (Lipinski definition) is 1. The Labute approximate surface area is 79.6 Å². The average molecular weight is 192 g/mol. The minimum Gasteiger partial charge on any atom is -0.326 e. The van der Waals surface area contributed by atoms with Crippen molar-refractivity contribution < 1.29 is 0 Å². The molecule has 0 radical (unpaired) electrons. The minimum absolute atomic E-state index is 0.487. The van der Waals surface area contributed by atoms with Gasteiger partial charge >= 0.3 is 0 Å². The zero-order chi connectivity index (χ0) is 9.10. The van der Waals surface area contributed by atoms with Crippen LogP contribution < -0.4 is 5.73 Å². The van der Waals surface area contributed by atoms with Gasteiger partial charge in [0.25, 0.3) is 0 Å². The molecule has 0 aliphatic carbocycles. The zero-order valence-corrected chi connectivity index (χ0v) is 7.66. The molecule has 0 bridgehead atoms. The van der Waals surface area contributed by atoms with E-state index in [2.05, 4.69) is 14.6 Å². The first-order valence-corrected chi connectivity index (χ1v) is 4.60. The monoisotopic (exact) mass is 192 g/mol. The molecule has 0 amide bonds. The molecular formula is C8H8N4S. The van der Waals surface area contributed by atoms with E-state index in [1.54, 1.807) is 12.4 Å². The highest BCUT2D eigenvalue weighted by molar-refractivity contribution is 7.09. The number of hydrogen-bond acceptors (Lipinski definition) is 5. The van der Waals surface area contributed by atoms with Crippen LogP contribution in [0.2, 0.25) is 0 Å². The van der Waals surface area contributed by atoms with E-state index in [-0.39, 0.29) is 0 Å². The standard InChI is InChI=1S/C8H8N4S/c9-4-6-3-7(12-10-5-6)8-1-2-11-13-8/h1-3,5H,4,9H2. The van der Waals surface area contributed by atoms with E-state index in [9.17, 15) is 0 Å². The lowest BCUT2D eigenvalue weighted by molar-refractivity contribution is 0.973. The van der Waals surface area contributed by atoms with E-state index in [1.165, 1.54) is 11.5 Å². The van der Waals surface area contributed by atoms with Gasteiger partial charge in [0.05, 0.1) is 11.1 Å². The lowest BCUT2D eigenvalue weighted by Crippen LogP contribution is -1.98. The Morgan fingerprint density at radius 2 is 2.38 bits per heavy atom. The smallest absolute Gasteiger partial charge is 0.105 e. The van der Waals surface area contributed by atoms with Crippen LogP contribution in [-0.4, -0.2) is 14.6 Å². The third kappa shape index (κ3) is 1.71. The van der Waals surface area contributed by atoms with E-state index in [0.717, 1.165) is 16.1 Å². The molecule has 4 nitrogen and oxygen atoms in total. The summed E-state index contributed by atoms with van der Waals surface area (Å²) in [6.45, 7) is 0.487. The lowest BCUT2D eigenvalue weighted by Gasteiger charge is -1.97. The van der Waals surface area contributed by atoms with Crippen LogP contribution in [0.25, 0.3) is 10.6 Å². The molecule has 0 unspecified atom stereocenters. The summed E-state index contributed by atoms with van der Waals surface area (Å²) in [5.74, 6) is 0. The molecule has 0 aliphatic heterocycles. The van der Waals surface area contributed by atoms with Gasteiger partial charge in [-0.25, -0.2) is 4.37 Å². The van der Waals surface area contributed by atoms with Crippen molar-refractivity contribution in [3.63, 3.8) is 0 Å². The SMILES string of the molecule is NCc1cnnc(-c2ccns2)c1. The Hall–Kier alpha value is -1.33. The third-order valence-electron chi connectivity index (χ3n) is 1.64. The summed E-state index contributed by atoms with van der Waals surface area (Å²) in [6, 6.07) is 3.84. The Bertz CT molecular complexity index is 385. The van der Waals surface area contributed by atoms with E-state index >= 15 is 0 Å². The van der Waals surface area contributed by atoms with Gasteiger partial charge < -0.3 is 5.73 Å². The summed E-state index contributed by atoms with van der Waals surface area (Å²) in [7, 11) is 0. The second kappa shape index (κ2) is 3.59. The third-order valence-corrected chi connectivity index (χ3v) is 2.41. The molecule has 66 valence electrons. The van der Waals surface area contributed by atoms with Crippen molar-refractivity contribution in [1.82, 2.24) is 14.6 Å². The van der Waals surface area contributed by atoms with Gasteiger partial charge in [0.2, 0.25) is 0 Å². The van der Waals surface area contributed by atoms with Crippen molar-refractivity contribution in [2.75, 3.05) is 0 Å². The molecule has 2 aromatic rings. The first-order chi connectivity index (χ1) is 6.40. The van der Waals surface area contributed by atoms with Crippen LogP contribution in [-0.2, 0) is 6.54 Å².